The van der Waals surface area contributed by atoms with Crippen LogP contribution in [-0.4, -0.2) is 38.5 Å². The Morgan fingerprint density at radius 3 is 2.15 bits per heavy atom. The van der Waals surface area contributed by atoms with Gasteiger partial charge in [-0.05, 0) is 24.3 Å². The highest BCUT2D eigenvalue weighted by atomic mass is 32.2. The van der Waals surface area contributed by atoms with Gasteiger partial charge in [-0.25, -0.2) is 8.42 Å². The van der Waals surface area contributed by atoms with Gasteiger partial charge in [0.15, 0.2) is 15.8 Å². The van der Waals surface area contributed by atoms with Crippen molar-refractivity contribution in [3.05, 3.63) is 24.3 Å². The normalized spacial score (nSPS) is 13.8. The molecule has 112 valence electrons. The molecule has 0 bridgehead atoms. The molecular weight excluding hydrogens is 301 g/mol. The maximum atomic E-state index is 12.5. The summed E-state index contributed by atoms with van der Waals surface area (Å²) in [7, 11) is -3.03. The third-order valence-corrected chi connectivity index (χ3v) is 4.26. The maximum absolute atomic E-state index is 12.5. The number of hydrogen-bond donors (Lipinski definition) is 1. The number of ether oxygens (including phenoxy) is 1. The van der Waals surface area contributed by atoms with Crippen LogP contribution in [0, 0.1) is 5.92 Å². The number of benzene rings is 1. The van der Waals surface area contributed by atoms with Gasteiger partial charge in [-0.1, -0.05) is 0 Å². The predicted molar refractivity (Wildman–Crippen MR) is 62.2 cm³/mol. The molecule has 0 saturated carbocycles. The lowest BCUT2D eigenvalue weighted by molar-refractivity contribution is -0.189. The molecule has 5 nitrogen and oxygen atoms in total. The number of hydrogen-bond acceptors (Lipinski definition) is 4. The molecule has 1 unspecified atom stereocenters. The molecule has 0 aliphatic heterocycles. The molecule has 0 heterocycles. The Labute approximate surface area is 112 Å². The molecule has 0 spiro atoms. The van der Waals surface area contributed by atoms with E-state index in [-0.39, 0.29) is 0 Å². The van der Waals surface area contributed by atoms with Crippen molar-refractivity contribution < 1.29 is 36.2 Å². The molecule has 0 aliphatic carbocycles. The van der Waals surface area contributed by atoms with Crippen LogP contribution >= 0.6 is 0 Å². The van der Waals surface area contributed by atoms with Crippen molar-refractivity contribution in [2.45, 2.75) is 11.1 Å². The molecular formula is C11H11F3O5S. The van der Waals surface area contributed by atoms with Crippen LogP contribution in [0.15, 0.2) is 29.2 Å². The van der Waals surface area contributed by atoms with E-state index >= 15 is 0 Å². The highest BCUT2D eigenvalue weighted by molar-refractivity contribution is 7.91. The Morgan fingerprint density at radius 1 is 1.30 bits per heavy atom. The van der Waals surface area contributed by atoms with E-state index in [0.717, 1.165) is 12.1 Å². The minimum atomic E-state index is -5.13. The molecule has 20 heavy (non-hydrogen) atoms. The van der Waals surface area contributed by atoms with Gasteiger partial charge in [0.2, 0.25) is 0 Å². The van der Waals surface area contributed by atoms with Crippen LogP contribution in [0.25, 0.3) is 0 Å². The number of aliphatic carboxylic acids is 1. The number of alkyl halides is 3. The molecule has 1 rings (SSSR count). The summed E-state index contributed by atoms with van der Waals surface area (Å²) in [6.45, 7) is 0. The predicted octanol–water partition coefficient (Wildman–Crippen LogP) is 1.73. The minimum absolute atomic E-state index is 0.328. The zero-order valence-corrected chi connectivity index (χ0v) is 11.0. The third kappa shape index (κ3) is 3.86. The number of carboxylic acid groups (broad SMARTS) is 1. The van der Waals surface area contributed by atoms with Crippen molar-refractivity contribution in [3.63, 3.8) is 0 Å². The molecule has 0 radical (unpaired) electrons. The van der Waals surface area contributed by atoms with Crippen LogP contribution in [0.2, 0.25) is 0 Å². The smallest absolute Gasteiger partial charge is 0.403 e. The fourth-order valence-electron chi connectivity index (χ4n) is 1.40. The molecule has 0 saturated heterocycles. The second-order valence-electron chi connectivity index (χ2n) is 3.89. The first-order valence-corrected chi connectivity index (χ1v) is 6.89. The Kier molecular flexibility index (Phi) is 4.64. The number of sulfone groups is 1. The summed E-state index contributed by atoms with van der Waals surface area (Å²) in [6.07, 6.45) is -5.13. The standard InChI is InChI=1S/C11H11F3O5S/c1-19-7-2-4-8(5-3-7)20(17,18)6-9(10(15)16)11(12,13)14/h2-5,9H,6H2,1H3,(H,15,16). The average Bonchev–Trinajstić information content (AvgIpc) is 2.34. The van der Waals surface area contributed by atoms with Gasteiger partial charge in [0.1, 0.15) is 5.75 Å². The van der Waals surface area contributed by atoms with Gasteiger partial charge in [0.25, 0.3) is 0 Å². The molecule has 0 aliphatic rings. The first-order valence-electron chi connectivity index (χ1n) is 5.24. The lowest BCUT2D eigenvalue weighted by Crippen LogP contribution is -2.36. The summed E-state index contributed by atoms with van der Waals surface area (Å²) < 4.78 is 65.8. The van der Waals surface area contributed by atoms with Crippen LogP contribution < -0.4 is 4.74 Å². The lowest BCUT2D eigenvalue weighted by atomic mass is 10.2. The van der Waals surface area contributed by atoms with Gasteiger partial charge in [0, 0.05) is 0 Å². The van der Waals surface area contributed by atoms with E-state index < -0.39 is 38.5 Å². The van der Waals surface area contributed by atoms with Crippen LogP contribution in [0.4, 0.5) is 13.2 Å². The second-order valence-corrected chi connectivity index (χ2v) is 5.92. The number of halogens is 3. The van der Waals surface area contributed by atoms with Gasteiger partial charge in [-0.2, -0.15) is 13.2 Å². The van der Waals surface area contributed by atoms with E-state index in [2.05, 4.69) is 0 Å². The molecule has 1 aromatic carbocycles. The molecule has 1 atom stereocenters. The van der Waals surface area contributed by atoms with Crippen molar-refractivity contribution in [1.29, 1.82) is 0 Å². The zero-order valence-electron chi connectivity index (χ0n) is 10.2. The van der Waals surface area contributed by atoms with Gasteiger partial charge in [0.05, 0.1) is 17.8 Å². The van der Waals surface area contributed by atoms with Crippen LogP contribution in [0.1, 0.15) is 0 Å². The highest BCUT2D eigenvalue weighted by Crippen LogP contribution is 2.29. The second kappa shape index (κ2) is 5.70. The summed E-state index contributed by atoms with van der Waals surface area (Å²) in [6, 6.07) is 4.64. The summed E-state index contributed by atoms with van der Waals surface area (Å²) in [4.78, 5) is 10.2. The Balaban J connectivity index is 3.06. The first-order chi connectivity index (χ1) is 9.08. The van der Waals surface area contributed by atoms with Crippen molar-refractivity contribution in [2.24, 2.45) is 5.92 Å². The van der Waals surface area contributed by atoms with Gasteiger partial charge >= 0.3 is 12.1 Å². The number of methoxy groups -OCH3 is 1. The van der Waals surface area contributed by atoms with E-state index in [1.54, 1.807) is 0 Å². The molecule has 0 amide bonds. The Hall–Kier alpha value is -1.77. The highest BCUT2D eigenvalue weighted by Gasteiger charge is 2.47. The van der Waals surface area contributed by atoms with E-state index in [4.69, 9.17) is 9.84 Å². The van der Waals surface area contributed by atoms with Gasteiger partial charge in [-0.15, -0.1) is 0 Å². The molecule has 1 N–H and O–H groups in total. The van der Waals surface area contributed by atoms with Crippen molar-refractivity contribution >= 4 is 15.8 Å². The molecule has 9 heteroatoms. The van der Waals surface area contributed by atoms with Crippen molar-refractivity contribution in [1.82, 2.24) is 0 Å². The SMILES string of the molecule is COc1ccc(S(=O)(=O)CC(C(=O)O)C(F)(F)F)cc1. The minimum Gasteiger partial charge on any atom is -0.497 e. The fraction of sp³-hybridized carbons (Fsp3) is 0.364. The monoisotopic (exact) mass is 312 g/mol. The fourth-order valence-corrected chi connectivity index (χ4v) is 2.92. The summed E-state index contributed by atoms with van der Waals surface area (Å²) >= 11 is 0. The Bertz CT molecular complexity index is 577. The van der Waals surface area contributed by atoms with Crippen LogP contribution in [0.3, 0.4) is 0 Å². The lowest BCUT2D eigenvalue weighted by Gasteiger charge is -2.16. The molecule has 1 aromatic rings. The molecule has 0 aromatic heterocycles. The number of carboxylic acids is 1. The van der Waals surface area contributed by atoms with Crippen molar-refractivity contribution in [2.75, 3.05) is 12.9 Å². The average molecular weight is 312 g/mol. The van der Waals surface area contributed by atoms with Crippen LogP contribution in [-0.2, 0) is 14.6 Å². The van der Waals surface area contributed by atoms with E-state index in [1.807, 2.05) is 0 Å². The quantitative estimate of drug-likeness (QED) is 0.895. The zero-order chi connectivity index (χ0) is 15.6. The van der Waals surface area contributed by atoms with E-state index in [9.17, 15) is 26.4 Å². The van der Waals surface area contributed by atoms with Gasteiger partial charge in [-0.3, -0.25) is 4.79 Å². The van der Waals surface area contributed by atoms with Crippen LogP contribution in [0.5, 0.6) is 5.75 Å². The Morgan fingerprint density at radius 2 is 1.80 bits per heavy atom. The van der Waals surface area contributed by atoms with E-state index in [0.29, 0.717) is 5.75 Å². The first kappa shape index (κ1) is 16.3. The van der Waals surface area contributed by atoms with Crippen molar-refractivity contribution in [3.8, 4) is 5.75 Å². The van der Waals surface area contributed by atoms with Gasteiger partial charge < -0.3 is 9.84 Å². The van der Waals surface area contributed by atoms with E-state index in [1.165, 1.54) is 19.2 Å². The largest absolute Gasteiger partial charge is 0.497 e. The maximum Gasteiger partial charge on any atom is 0.403 e. The number of carbonyl (C=O) groups is 1. The number of rotatable bonds is 5. The molecule has 0 fully saturated rings. The summed E-state index contributed by atoms with van der Waals surface area (Å²) in [5.41, 5.74) is 0. The summed E-state index contributed by atoms with van der Waals surface area (Å²) in [5, 5.41) is 8.50. The summed E-state index contributed by atoms with van der Waals surface area (Å²) in [5.74, 6) is -6.41. The third-order valence-electron chi connectivity index (χ3n) is 2.50. The topological polar surface area (TPSA) is 80.7 Å².